The van der Waals surface area contributed by atoms with Gasteiger partial charge in [-0.2, -0.15) is 13.2 Å². The van der Waals surface area contributed by atoms with Crippen LogP contribution >= 0.6 is 0 Å². The highest BCUT2D eigenvalue weighted by Gasteiger charge is 2.31. The van der Waals surface area contributed by atoms with Crippen molar-refractivity contribution in [3.63, 3.8) is 0 Å². The summed E-state index contributed by atoms with van der Waals surface area (Å²) in [5, 5.41) is 28.4. The quantitative estimate of drug-likeness (QED) is 0.660. The molecule has 0 aromatic heterocycles. The average molecular weight is 410 g/mol. The van der Waals surface area contributed by atoms with E-state index in [-0.39, 0.29) is 37.3 Å². The molecule has 0 saturated carbocycles. The maximum atomic E-state index is 12.6. The Morgan fingerprint density at radius 1 is 0.759 bits per heavy atom. The molecule has 2 amide bonds. The van der Waals surface area contributed by atoms with Crippen LogP contribution in [0.25, 0.3) is 0 Å². The van der Waals surface area contributed by atoms with Crippen LogP contribution in [0.4, 0.5) is 13.2 Å². The third kappa shape index (κ3) is 4.20. The lowest BCUT2D eigenvalue weighted by atomic mass is 10.1. The van der Waals surface area contributed by atoms with Crippen molar-refractivity contribution >= 4 is 11.8 Å². The van der Waals surface area contributed by atoms with Gasteiger partial charge < -0.3 is 25.1 Å². The number of phenols is 3. The summed E-state index contributed by atoms with van der Waals surface area (Å²) >= 11 is 0. The molecule has 3 rings (SSSR count). The second kappa shape index (κ2) is 7.53. The Morgan fingerprint density at radius 3 is 1.59 bits per heavy atom. The molecular weight excluding hydrogens is 393 g/mol. The molecule has 3 N–H and O–H groups in total. The summed E-state index contributed by atoms with van der Waals surface area (Å²) < 4.78 is 37.9. The topological polar surface area (TPSA) is 101 Å². The molecule has 1 heterocycles. The second-order valence-corrected chi connectivity index (χ2v) is 6.52. The summed E-state index contributed by atoms with van der Waals surface area (Å²) in [4.78, 5) is 27.8. The molecule has 0 bridgehead atoms. The van der Waals surface area contributed by atoms with Crippen LogP contribution in [0.15, 0.2) is 36.4 Å². The Hall–Kier alpha value is -3.43. The van der Waals surface area contributed by atoms with Crippen LogP contribution in [-0.4, -0.2) is 63.1 Å². The van der Waals surface area contributed by atoms with E-state index < -0.39 is 40.8 Å². The largest absolute Gasteiger partial charge is 0.504 e. The Balaban J connectivity index is 1.64. The van der Waals surface area contributed by atoms with E-state index in [9.17, 15) is 38.1 Å². The number of carbonyl (C=O) groups excluding carboxylic acids is 2. The van der Waals surface area contributed by atoms with Crippen molar-refractivity contribution in [1.29, 1.82) is 0 Å². The third-order valence-corrected chi connectivity index (χ3v) is 4.63. The number of alkyl halides is 3. The first-order chi connectivity index (χ1) is 13.6. The predicted molar refractivity (Wildman–Crippen MR) is 94.7 cm³/mol. The zero-order valence-electron chi connectivity index (χ0n) is 15.0. The fourth-order valence-corrected chi connectivity index (χ4v) is 3.01. The number of phenolic OH excluding ortho intramolecular Hbond substituents is 3. The number of carbonyl (C=O) groups is 2. The number of piperazine rings is 1. The molecule has 1 aliphatic rings. The van der Waals surface area contributed by atoms with Crippen LogP contribution in [-0.2, 0) is 6.18 Å². The Morgan fingerprint density at radius 2 is 1.17 bits per heavy atom. The monoisotopic (exact) mass is 410 g/mol. The summed E-state index contributed by atoms with van der Waals surface area (Å²) in [6.45, 7) is 0.657. The molecule has 0 unspecified atom stereocenters. The summed E-state index contributed by atoms with van der Waals surface area (Å²) in [7, 11) is 0. The molecule has 1 fully saturated rings. The van der Waals surface area contributed by atoms with Crippen molar-refractivity contribution in [2.45, 2.75) is 6.18 Å². The average Bonchev–Trinajstić information content (AvgIpc) is 2.70. The van der Waals surface area contributed by atoms with Gasteiger partial charge in [0.25, 0.3) is 11.8 Å². The van der Waals surface area contributed by atoms with Crippen molar-refractivity contribution in [3.05, 3.63) is 53.1 Å². The van der Waals surface area contributed by atoms with Crippen molar-refractivity contribution in [1.82, 2.24) is 9.80 Å². The highest BCUT2D eigenvalue weighted by Crippen LogP contribution is 2.35. The van der Waals surface area contributed by atoms with Gasteiger partial charge in [-0.1, -0.05) is 0 Å². The molecule has 1 aliphatic heterocycles. The van der Waals surface area contributed by atoms with Crippen molar-refractivity contribution in [2.75, 3.05) is 26.2 Å². The lowest BCUT2D eigenvalue weighted by Crippen LogP contribution is -2.50. The van der Waals surface area contributed by atoms with Gasteiger partial charge in [-0.25, -0.2) is 0 Å². The number of halogens is 3. The van der Waals surface area contributed by atoms with E-state index >= 15 is 0 Å². The molecule has 1 saturated heterocycles. The number of hydrogen-bond donors (Lipinski definition) is 3. The zero-order valence-corrected chi connectivity index (χ0v) is 15.0. The van der Waals surface area contributed by atoms with Crippen LogP contribution in [0.1, 0.15) is 26.3 Å². The van der Waals surface area contributed by atoms with E-state index in [1.807, 2.05) is 0 Å². The smallest absolute Gasteiger partial charge is 0.416 e. The molecular formula is C19H17F3N2O5. The van der Waals surface area contributed by atoms with Gasteiger partial charge in [0.05, 0.1) is 5.56 Å². The predicted octanol–water partition coefficient (Wildman–Crippen LogP) is 2.42. The van der Waals surface area contributed by atoms with Crippen molar-refractivity contribution < 1.29 is 38.1 Å². The molecule has 7 nitrogen and oxygen atoms in total. The van der Waals surface area contributed by atoms with Gasteiger partial charge in [0, 0.05) is 37.3 Å². The normalized spacial score (nSPS) is 14.7. The van der Waals surface area contributed by atoms with Gasteiger partial charge in [0.2, 0.25) is 0 Å². The number of nitrogens with zero attached hydrogens (tertiary/aromatic N) is 2. The van der Waals surface area contributed by atoms with Crippen molar-refractivity contribution in [3.8, 4) is 17.2 Å². The fourth-order valence-electron chi connectivity index (χ4n) is 3.01. The Labute approximate surface area is 163 Å². The molecule has 0 atom stereocenters. The van der Waals surface area contributed by atoms with Gasteiger partial charge in [-0.15, -0.1) is 0 Å². The SMILES string of the molecule is O=C(c1ccc(C(F)(F)F)cc1)N1CCN(C(=O)c2cc(O)c(O)c(O)c2)CC1. The molecule has 0 spiro atoms. The van der Waals surface area contributed by atoms with Crippen LogP contribution in [0.2, 0.25) is 0 Å². The highest BCUT2D eigenvalue weighted by molar-refractivity contribution is 5.96. The summed E-state index contributed by atoms with van der Waals surface area (Å²) in [6.07, 6.45) is -4.48. The Kier molecular flexibility index (Phi) is 5.27. The second-order valence-electron chi connectivity index (χ2n) is 6.52. The van der Waals surface area contributed by atoms with Gasteiger partial charge in [0.1, 0.15) is 0 Å². The van der Waals surface area contributed by atoms with Gasteiger partial charge in [0.15, 0.2) is 17.2 Å². The van der Waals surface area contributed by atoms with E-state index in [4.69, 9.17) is 0 Å². The van der Waals surface area contributed by atoms with E-state index in [1.165, 1.54) is 9.80 Å². The number of amides is 2. The van der Waals surface area contributed by atoms with Gasteiger partial charge in [-0.05, 0) is 36.4 Å². The van der Waals surface area contributed by atoms with Crippen LogP contribution in [0, 0.1) is 0 Å². The molecule has 10 heteroatoms. The standard InChI is InChI=1S/C19H17F3N2O5/c20-19(21,22)13-3-1-11(2-4-13)17(28)23-5-7-24(8-6-23)18(29)12-9-14(25)16(27)15(26)10-12/h1-4,9-10,25-27H,5-8H2. The first kappa shape index (κ1) is 20.3. The fraction of sp³-hybridized carbons (Fsp3) is 0.263. The summed E-state index contributed by atoms with van der Waals surface area (Å²) in [5.41, 5.74) is -0.753. The zero-order chi connectivity index (χ0) is 21.3. The van der Waals surface area contributed by atoms with Gasteiger partial charge >= 0.3 is 6.18 Å². The minimum absolute atomic E-state index is 0.0275. The van der Waals surface area contributed by atoms with Crippen LogP contribution < -0.4 is 0 Å². The molecule has 2 aromatic carbocycles. The van der Waals surface area contributed by atoms with E-state index in [1.54, 1.807) is 0 Å². The van der Waals surface area contributed by atoms with Gasteiger partial charge in [-0.3, -0.25) is 9.59 Å². The van der Waals surface area contributed by atoms with Crippen LogP contribution in [0.3, 0.4) is 0 Å². The lowest BCUT2D eigenvalue weighted by molar-refractivity contribution is -0.137. The summed E-state index contributed by atoms with van der Waals surface area (Å²) in [6, 6.07) is 5.97. The highest BCUT2D eigenvalue weighted by atomic mass is 19.4. The van der Waals surface area contributed by atoms with Crippen molar-refractivity contribution in [2.24, 2.45) is 0 Å². The van der Waals surface area contributed by atoms with Crippen LogP contribution in [0.5, 0.6) is 17.2 Å². The number of benzene rings is 2. The molecule has 154 valence electrons. The molecule has 0 aliphatic carbocycles. The molecule has 0 radical (unpaired) electrons. The number of aromatic hydroxyl groups is 3. The number of hydrogen-bond acceptors (Lipinski definition) is 5. The maximum absolute atomic E-state index is 12.6. The first-order valence-electron chi connectivity index (χ1n) is 8.58. The first-order valence-corrected chi connectivity index (χ1v) is 8.58. The third-order valence-electron chi connectivity index (χ3n) is 4.63. The Bertz CT molecular complexity index is 913. The number of rotatable bonds is 2. The maximum Gasteiger partial charge on any atom is 0.416 e. The summed E-state index contributed by atoms with van der Waals surface area (Å²) in [5.74, 6) is -2.94. The molecule has 29 heavy (non-hydrogen) atoms. The van der Waals surface area contributed by atoms with E-state index in [2.05, 4.69) is 0 Å². The molecule has 2 aromatic rings. The minimum atomic E-state index is -4.48. The van der Waals surface area contributed by atoms with E-state index in [0.29, 0.717) is 0 Å². The van der Waals surface area contributed by atoms with E-state index in [0.717, 1.165) is 36.4 Å². The lowest BCUT2D eigenvalue weighted by Gasteiger charge is -2.35. The minimum Gasteiger partial charge on any atom is -0.504 e.